The topological polar surface area (TPSA) is 60.2 Å². The monoisotopic (exact) mass is 390 g/mol. The summed E-state index contributed by atoms with van der Waals surface area (Å²) in [5, 5.41) is 4.41. The van der Waals surface area contributed by atoms with E-state index in [-0.39, 0.29) is 11.9 Å². The highest BCUT2D eigenvalue weighted by Crippen LogP contribution is 2.25. The number of para-hydroxylation sites is 2. The SMILES string of the molecule is COc1ccccc1-n1cc(C(=O)N2CCCCC2CCc2ccccn2)cn1. The van der Waals surface area contributed by atoms with Gasteiger partial charge in [0.05, 0.1) is 18.9 Å². The Morgan fingerprint density at radius 1 is 1.17 bits per heavy atom. The number of rotatable bonds is 6. The lowest BCUT2D eigenvalue weighted by atomic mass is 9.96. The van der Waals surface area contributed by atoms with Crippen LogP contribution in [0.3, 0.4) is 0 Å². The number of nitrogens with zero attached hydrogens (tertiary/aromatic N) is 4. The maximum Gasteiger partial charge on any atom is 0.257 e. The van der Waals surface area contributed by atoms with Crippen LogP contribution in [0.15, 0.2) is 61.1 Å². The van der Waals surface area contributed by atoms with Crippen LogP contribution in [0.25, 0.3) is 5.69 Å². The van der Waals surface area contributed by atoms with Crippen LogP contribution in [0.2, 0.25) is 0 Å². The van der Waals surface area contributed by atoms with E-state index < -0.39 is 0 Å². The van der Waals surface area contributed by atoms with E-state index in [1.54, 1.807) is 24.2 Å². The highest BCUT2D eigenvalue weighted by molar-refractivity contribution is 5.94. The van der Waals surface area contributed by atoms with Crippen molar-refractivity contribution in [1.29, 1.82) is 0 Å². The van der Waals surface area contributed by atoms with Crippen molar-refractivity contribution < 1.29 is 9.53 Å². The fourth-order valence-electron chi connectivity index (χ4n) is 3.98. The van der Waals surface area contributed by atoms with Crippen molar-refractivity contribution in [2.75, 3.05) is 13.7 Å². The standard InChI is InChI=1S/C23H26N4O2/c1-29-22-11-3-2-10-21(22)27-17-18(16-25-27)23(28)26-15-7-5-9-20(26)13-12-19-8-4-6-14-24-19/h2-4,6,8,10-11,14,16-17,20H,5,7,9,12-13,15H2,1H3. The van der Waals surface area contributed by atoms with Crippen LogP contribution in [0.5, 0.6) is 5.75 Å². The van der Waals surface area contributed by atoms with E-state index in [1.165, 1.54) is 0 Å². The lowest BCUT2D eigenvalue weighted by Crippen LogP contribution is -2.43. The number of pyridine rings is 1. The molecule has 3 heterocycles. The quantitative estimate of drug-likeness (QED) is 0.640. The zero-order valence-electron chi connectivity index (χ0n) is 16.7. The smallest absolute Gasteiger partial charge is 0.257 e. The molecule has 6 nitrogen and oxygen atoms in total. The molecule has 1 fully saturated rings. The summed E-state index contributed by atoms with van der Waals surface area (Å²) in [6.45, 7) is 0.797. The molecule has 0 N–H and O–H groups in total. The van der Waals surface area contributed by atoms with Gasteiger partial charge in [-0.15, -0.1) is 0 Å². The van der Waals surface area contributed by atoms with Gasteiger partial charge in [-0.1, -0.05) is 18.2 Å². The van der Waals surface area contributed by atoms with Crippen LogP contribution in [0.4, 0.5) is 0 Å². The van der Waals surface area contributed by atoms with Crippen molar-refractivity contribution >= 4 is 5.91 Å². The van der Waals surface area contributed by atoms with Crippen LogP contribution in [0.1, 0.15) is 41.7 Å². The Balaban J connectivity index is 1.49. The molecular weight excluding hydrogens is 364 g/mol. The van der Waals surface area contributed by atoms with Gasteiger partial charge in [-0.05, 0) is 56.4 Å². The summed E-state index contributed by atoms with van der Waals surface area (Å²) in [5.41, 5.74) is 2.51. The molecule has 4 rings (SSSR count). The lowest BCUT2D eigenvalue weighted by molar-refractivity contribution is 0.0601. The second-order valence-electron chi connectivity index (χ2n) is 7.35. The van der Waals surface area contributed by atoms with Crippen LogP contribution in [-0.2, 0) is 6.42 Å². The first-order chi connectivity index (χ1) is 14.3. The Morgan fingerprint density at radius 3 is 2.86 bits per heavy atom. The van der Waals surface area contributed by atoms with Crippen molar-refractivity contribution in [3.05, 3.63) is 72.3 Å². The van der Waals surface area contributed by atoms with Gasteiger partial charge in [0.2, 0.25) is 0 Å². The van der Waals surface area contributed by atoms with Crippen molar-refractivity contribution in [1.82, 2.24) is 19.7 Å². The number of hydrogen-bond acceptors (Lipinski definition) is 4. The second kappa shape index (κ2) is 8.90. The first-order valence-corrected chi connectivity index (χ1v) is 10.1. The summed E-state index contributed by atoms with van der Waals surface area (Å²) < 4.78 is 7.12. The Bertz CT molecular complexity index is 954. The van der Waals surface area contributed by atoms with Crippen molar-refractivity contribution in [2.24, 2.45) is 0 Å². The Labute approximate surface area is 171 Å². The van der Waals surface area contributed by atoms with Gasteiger partial charge in [0.15, 0.2) is 0 Å². The van der Waals surface area contributed by atoms with Gasteiger partial charge in [-0.25, -0.2) is 4.68 Å². The molecule has 1 atom stereocenters. The van der Waals surface area contributed by atoms with E-state index in [0.29, 0.717) is 5.56 Å². The summed E-state index contributed by atoms with van der Waals surface area (Å²) in [6, 6.07) is 13.9. The molecule has 29 heavy (non-hydrogen) atoms. The van der Waals surface area contributed by atoms with Gasteiger partial charge in [-0.2, -0.15) is 5.10 Å². The van der Waals surface area contributed by atoms with Crippen molar-refractivity contribution in [2.45, 2.75) is 38.1 Å². The number of aromatic nitrogens is 3. The molecule has 1 aliphatic rings. The van der Waals surface area contributed by atoms with E-state index in [1.807, 2.05) is 53.6 Å². The van der Waals surface area contributed by atoms with Crippen molar-refractivity contribution in [3.8, 4) is 11.4 Å². The molecule has 6 heteroatoms. The molecule has 1 aliphatic heterocycles. The molecule has 3 aromatic rings. The Morgan fingerprint density at radius 2 is 2.03 bits per heavy atom. The first kappa shape index (κ1) is 19.2. The van der Waals surface area contributed by atoms with Gasteiger partial charge in [0.25, 0.3) is 5.91 Å². The summed E-state index contributed by atoms with van der Waals surface area (Å²) in [4.78, 5) is 19.7. The van der Waals surface area contributed by atoms with Gasteiger partial charge < -0.3 is 9.64 Å². The predicted octanol–water partition coefficient (Wildman–Crippen LogP) is 3.90. The fourth-order valence-corrected chi connectivity index (χ4v) is 3.98. The normalized spacial score (nSPS) is 16.6. The van der Waals surface area contributed by atoms with Gasteiger partial charge in [0.1, 0.15) is 11.4 Å². The molecule has 1 amide bonds. The Kier molecular flexibility index (Phi) is 5.89. The number of benzene rings is 1. The van der Waals surface area contributed by atoms with E-state index in [2.05, 4.69) is 10.1 Å². The summed E-state index contributed by atoms with van der Waals surface area (Å²) >= 11 is 0. The zero-order valence-corrected chi connectivity index (χ0v) is 16.7. The van der Waals surface area contributed by atoms with Gasteiger partial charge in [-0.3, -0.25) is 9.78 Å². The van der Waals surface area contributed by atoms with Crippen LogP contribution in [0, 0.1) is 0 Å². The average molecular weight is 390 g/mol. The predicted molar refractivity (Wildman–Crippen MR) is 111 cm³/mol. The molecule has 0 spiro atoms. The largest absolute Gasteiger partial charge is 0.494 e. The van der Waals surface area contributed by atoms with Gasteiger partial charge in [0, 0.05) is 30.7 Å². The number of piperidine rings is 1. The minimum atomic E-state index is 0.0527. The average Bonchev–Trinajstić information content (AvgIpc) is 3.28. The minimum Gasteiger partial charge on any atom is -0.494 e. The third-order valence-electron chi connectivity index (χ3n) is 5.51. The molecule has 0 radical (unpaired) electrons. The molecule has 1 unspecified atom stereocenters. The highest BCUT2D eigenvalue weighted by atomic mass is 16.5. The first-order valence-electron chi connectivity index (χ1n) is 10.1. The molecular formula is C23H26N4O2. The lowest BCUT2D eigenvalue weighted by Gasteiger charge is -2.35. The molecule has 2 aromatic heterocycles. The second-order valence-corrected chi connectivity index (χ2v) is 7.35. The maximum absolute atomic E-state index is 13.2. The third-order valence-corrected chi connectivity index (χ3v) is 5.51. The molecule has 150 valence electrons. The number of hydrogen-bond donors (Lipinski definition) is 0. The van der Waals surface area contributed by atoms with Crippen molar-refractivity contribution in [3.63, 3.8) is 0 Å². The van der Waals surface area contributed by atoms with Crippen LogP contribution in [-0.4, -0.2) is 45.3 Å². The number of ether oxygens (including phenoxy) is 1. The molecule has 0 saturated carbocycles. The van der Waals surface area contributed by atoms with Crippen LogP contribution >= 0.6 is 0 Å². The fraction of sp³-hybridized carbons (Fsp3) is 0.348. The molecule has 1 saturated heterocycles. The van der Waals surface area contributed by atoms with E-state index in [4.69, 9.17) is 4.74 Å². The molecule has 0 aliphatic carbocycles. The van der Waals surface area contributed by atoms with Gasteiger partial charge >= 0.3 is 0 Å². The Hall–Kier alpha value is -3.15. The van der Waals surface area contributed by atoms with Crippen LogP contribution < -0.4 is 4.74 Å². The summed E-state index contributed by atoms with van der Waals surface area (Å²) in [6.07, 6.45) is 10.3. The number of amides is 1. The number of methoxy groups -OCH3 is 1. The molecule has 1 aromatic carbocycles. The third kappa shape index (κ3) is 4.31. The number of carbonyl (C=O) groups excluding carboxylic acids is 1. The summed E-state index contributed by atoms with van der Waals surface area (Å²) in [7, 11) is 1.63. The minimum absolute atomic E-state index is 0.0527. The zero-order chi connectivity index (χ0) is 20.1. The van der Waals surface area contributed by atoms with E-state index in [9.17, 15) is 4.79 Å². The molecule has 0 bridgehead atoms. The number of carbonyl (C=O) groups is 1. The van der Waals surface area contributed by atoms with E-state index in [0.717, 1.165) is 55.8 Å². The number of aryl methyl sites for hydroxylation is 1. The van der Waals surface area contributed by atoms with E-state index >= 15 is 0 Å². The maximum atomic E-state index is 13.2. The number of likely N-dealkylation sites (tertiary alicyclic amines) is 1. The highest BCUT2D eigenvalue weighted by Gasteiger charge is 2.28. The summed E-state index contributed by atoms with van der Waals surface area (Å²) in [5.74, 6) is 0.776.